The highest BCUT2D eigenvalue weighted by Gasteiger charge is 2.16. The van der Waals surface area contributed by atoms with Crippen LogP contribution in [0.2, 0.25) is 0 Å². The number of aryl methyl sites for hydroxylation is 1. The van der Waals surface area contributed by atoms with Gasteiger partial charge in [-0.1, -0.05) is 18.2 Å². The van der Waals surface area contributed by atoms with E-state index in [4.69, 9.17) is 13.9 Å². The molecule has 0 saturated carbocycles. The first-order valence-electron chi connectivity index (χ1n) is 9.94. The Hall–Kier alpha value is -4.47. The Bertz CT molecular complexity index is 1180. The van der Waals surface area contributed by atoms with Crippen LogP contribution in [-0.4, -0.2) is 36.2 Å². The van der Waals surface area contributed by atoms with Crippen molar-refractivity contribution < 1.29 is 28.4 Å². The minimum atomic E-state index is -0.595. The van der Waals surface area contributed by atoms with Crippen LogP contribution in [0.15, 0.2) is 64.1 Å². The van der Waals surface area contributed by atoms with Crippen molar-refractivity contribution in [2.75, 3.05) is 13.2 Å². The average molecular weight is 451 g/mol. The standard InChI is InChI=1S/C23H21N3O7/c1-3-31-23(28)17-7-5-16(6-8-17)20-11-9-18(33-20)13-24-25-22(27)14-32-21-10-4-15(2)12-19(21)26(29)30/h4-13H,3,14H2,1-2H3,(H,25,27). The van der Waals surface area contributed by atoms with E-state index in [-0.39, 0.29) is 11.4 Å². The number of hydrogen-bond acceptors (Lipinski definition) is 8. The number of hydrogen-bond donors (Lipinski definition) is 1. The topological polar surface area (TPSA) is 133 Å². The summed E-state index contributed by atoms with van der Waals surface area (Å²) in [7, 11) is 0. The van der Waals surface area contributed by atoms with Crippen LogP contribution in [0.4, 0.5) is 5.69 Å². The molecule has 0 radical (unpaired) electrons. The maximum Gasteiger partial charge on any atom is 0.338 e. The van der Waals surface area contributed by atoms with E-state index in [9.17, 15) is 19.7 Å². The van der Waals surface area contributed by atoms with Gasteiger partial charge in [-0.3, -0.25) is 14.9 Å². The van der Waals surface area contributed by atoms with Gasteiger partial charge in [0.05, 0.1) is 23.3 Å². The molecule has 33 heavy (non-hydrogen) atoms. The molecule has 1 N–H and O–H groups in total. The molecule has 0 aliphatic heterocycles. The lowest BCUT2D eigenvalue weighted by Gasteiger charge is -2.06. The summed E-state index contributed by atoms with van der Waals surface area (Å²) in [5.74, 6) is -0.0621. The van der Waals surface area contributed by atoms with Crippen molar-refractivity contribution >= 4 is 23.8 Å². The van der Waals surface area contributed by atoms with Gasteiger partial charge in [0.1, 0.15) is 11.5 Å². The predicted octanol–water partition coefficient (Wildman–Crippen LogP) is 3.87. The Morgan fingerprint density at radius 3 is 2.61 bits per heavy atom. The summed E-state index contributed by atoms with van der Waals surface area (Å²) >= 11 is 0. The molecule has 0 aliphatic carbocycles. The highest BCUT2D eigenvalue weighted by atomic mass is 16.6. The summed E-state index contributed by atoms with van der Waals surface area (Å²) in [6.07, 6.45) is 1.31. The van der Waals surface area contributed by atoms with Crippen LogP contribution in [0.1, 0.15) is 28.6 Å². The van der Waals surface area contributed by atoms with E-state index in [0.29, 0.717) is 29.3 Å². The lowest BCUT2D eigenvalue weighted by atomic mass is 10.1. The molecule has 0 bridgehead atoms. The molecule has 3 rings (SSSR count). The number of furan rings is 1. The monoisotopic (exact) mass is 451 g/mol. The second kappa shape index (κ2) is 10.7. The molecule has 0 unspecified atom stereocenters. The van der Waals surface area contributed by atoms with Gasteiger partial charge in [-0.25, -0.2) is 10.2 Å². The van der Waals surface area contributed by atoms with Crippen LogP contribution in [0.3, 0.4) is 0 Å². The van der Waals surface area contributed by atoms with Gasteiger partial charge in [0, 0.05) is 11.6 Å². The molecule has 0 spiro atoms. The first-order chi connectivity index (χ1) is 15.9. The molecule has 1 amide bonds. The molecular formula is C23H21N3O7. The second-order valence-electron chi connectivity index (χ2n) is 6.81. The van der Waals surface area contributed by atoms with Crippen molar-refractivity contribution in [1.82, 2.24) is 5.43 Å². The molecule has 2 aromatic carbocycles. The van der Waals surface area contributed by atoms with Crippen molar-refractivity contribution in [2.24, 2.45) is 5.10 Å². The number of nitrogens with zero attached hydrogens (tertiary/aromatic N) is 2. The largest absolute Gasteiger partial charge is 0.477 e. The third kappa shape index (κ3) is 6.26. The first kappa shape index (κ1) is 23.2. The van der Waals surface area contributed by atoms with Crippen molar-refractivity contribution in [3.63, 3.8) is 0 Å². The SMILES string of the molecule is CCOC(=O)c1ccc(-c2ccc(C=NNC(=O)COc3ccc(C)cc3[N+](=O)[O-])o2)cc1. The summed E-state index contributed by atoms with van der Waals surface area (Å²) in [5, 5.41) is 14.9. The van der Waals surface area contributed by atoms with E-state index < -0.39 is 23.4 Å². The zero-order valence-corrected chi connectivity index (χ0v) is 17.9. The minimum Gasteiger partial charge on any atom is -0.477 e. The molecule has 0 saturated heterocycles. The molecular weight excluding hydrogens is 430 g/mol. The van der Waals surface area contributed by atoms with Gasteiger partial charge >= 0.3 is 11.7 Å². The van der Waals surface area contributed by atoms with Crippen LogP contribution in [0.25, 0.3) is 11.3 Å². The maximum absolute atomic E-state index is 11.9. The van der Waals surface area contributed by atoms with Crippen molar-refractivity contribution in [3.05, 3.63) is 81.6 Å². The molecule has 1 heterocycles. The van der Waals surface area contributed by atoms with Crippen molar-refractivity contribution in [2.45, 2.75) is 13.8 Å². The molecule has 0 fully saturated rings. The molecule has 170 valence electrons. The van der Waals surface area contributed by atoms with Gasteiger partial charge in [0.2, 0.25) is 0 Å². The number of benzene rings is 2. The number of nitrogens with one attached hydrogen (secondary N) is 1. The third-order valence-electron chi connectivity index (χ3n) is 4.36. The number of esters is 1. The number of carbonyl (C=O) groups is 2. The fraction of sp³-hybridized carbons (Fsp3) is 0.174. The number of nitro groups is 1. The number of rotatable bonds is 9. The number of ether oxygens (including phenoxy) is 2. The summed E-state index contributed by atoms with van der Waals surface area (Å²) in [6.45, 7) is 3.31. The summed E-state index contributed by atoms with van der Waals surface area (Å²) in [5.41, 5.74) is 3.94. The van der Waals surface area contributed by atoms with Crippen molar-refractivity contribution in [1.29, 1.82) is 0 Å². The highest BCUT2D eigenvalue weighted by molar-refractivity contribution is 5.90. The van der Waals surface area contributed by atoms with E-state index in [1.165, 1.54) is 18.3 Å². The lowest BCUT2D eigenvalue weighted by Crippen LogP contribution is -2.24. The Labute approximate surface area is 189 Å². The fourth-order valence-corrected chi connectivity index (χ4v) is 2.80. The molecule has 10 heteroatoms. The lowest BCUT2D eigenvalue weighted by molar-refractivity contribution is -0.385. The number of carbonyl (C=O) groups excluding carboxylic acids is 2. The van der Waals surface area contributed by atoms with Gasteiger partial charge < -0.3 is 13.9 Å². The quantitative estimate of drug-likeness (QED) is 0.226. The Morgan fingerprint density at radius 2 is 1.91 bits per heavy atom. The van der Waals surface area contributed by atoms with E-state index in [2.05, 4.69) is 10.5 Å². The predicted molar refractivity (Wildman–Crippen MR) is 119 cm³/mol. The summed E-state index contributed by atoms with van der Waals surface area (Å²) in [4.78, 5) is 34.2. The highest BCUT2D eigenvalue weighted by Crippen LogP contribution is 2.27. The number of amides is 1. The molecule has 3 aromatic rings. The molecule has 0 atom stereocenters. The fourth-order valence-electron chi connectivity index (χ4n) is 2.80. The van der Waals surface area contributed by atoms with Gasteiger partial charge in [-0.2, -0.15) is 5.10 Å². The summed E-state index contributed by atoms with van der Waals surface area (Å²) in [6, 6.07) is 14.6. The van der Waals surface area contributed by atoms with Crippen LogP contribution >= 0.6 is 0 Å². The number of nitro benzene ring substituents is 1. The Balaban J connectivity index is 1.54. The first-order valence-corrected chi connectivity index (χ1v) is 9.94. The van der Waals surface area contributed by atoms with Crippen LogP contribution in [-0.2, 0) is 9.53 Å². The smallest absolute Gasteiger partial charge is 0.338 e. The Kier molecular flexibility index (Phi) is 7.53. The average Bonchev–Trinajstić information content (AvgIpc) is 3.27. The maximum atomic E-state index is 11.9. The third-order valence-corrected chi connectivity index (χ3v) is 4.36. The van der Waals surface area contributed by atoms with E-state index >= 15 is 0 Å². The molecule has 0 aliphatic rings. The number of hydrazone groups is 1. The van der Waals surface area contributed by atoms with E-state index in [1.54, 1.807) is 56.3 Å². The molecule has 10 nitrogen and oxygen atoms in total. The molecule has 1 aromatic heterocycles. The van der Waals surface area contributed by atoms with Crippen LogP contribution in [0.5, 0.6) is 5.75 Å². The van der Waals surface area contributed by atoms with Gasteiger partial charge in [-0.05, 0) is 49.7 Å². The minimum absolute atomic E-state index is 0.00520. The zero-order chi connectivity index (χ0) is 23.8. The van der Waals surface area contributed by atoms with Gasteiger partial charge in [0.15, 0.2) is 12.4 Å². The van der Waals surface area contributed by atoms with E-state index in [1.807, 2.05) is 0 Å². The van der Waals surface area contributed by atoms with Crippen LogP contribution in [0, 0.1) is 17.0 Å². The normalized spacial score (nSPS) is 10.7. The van der Waals surface area contributed by atoms with Gasteiger partial charge in [-0.15, -0.1) is 0 Å². The van der Waals surface area contributed by atoms with Gasteiger partial charge in [0.25, 0.3) is 5.91 Å². The van der Waals surface area contributed by atoms with Crippen LogP contribution < -0.4 is 10.2 Å². The zero-order valence-electron chi connectivity index (χ0n) is 17.9. The second-order valence-corrected chi connectivity index (χ2v) is 6.81. The van der Waals surface area contributed by atoms with Crippen molar-refractivity contribution in [3.8, 4) is 17.1 Å². The summed E-state index contributed by atoms with van der Waals surface area (Å²) < 4.78 is 15.8. The Morgan fingerprint density at radius 1 is 1.15 bits per heavy atom. The van der Waals surface area contributed by atoms with E-state index in [0.717, 1.165) is 5.56 Å².